The molecule has 32 heavy (non-hydrogen) atoms. The lowest BCUT2D eigenvalue weighted by Crippen LogP contribution is -2.20. The maximum absolute atomic E-state index is 12.9. The summed E-state index contributed by atoms with van der Waals surface area (Å²) in [5.74, 6) is 0.704. The second-order valence-electron chi connectivity index (χ2n) is 7.34. The van der Waals surface area contributed by atoms with E-state index in [0.717, 1.165) is 28.9 Å². The van der Waals surface area contributed by atoms with E-state index in [0.29, 0.717) is 22.6 Å². The number of likely N-dealkylation sites (N-methyl/N-ethyl adjacent to an activating group) is 1. The monoisotopic (exact) mass is 439 g/mol. The fourth-order valence-electron chi connectivity index (χ4n) is 3.60. The lowest BCUT2D eigenvalue weighted by Gasteiger charge is -2.13. The first kappa shape index (κ1) is 21.5. The number of para-hydroxylation sites is 1. The predicted molar refractivity (Wildman–Crippen MR) is 116 cm³/mol. The first-order valence-electron chi connectivity index (χ1n) is 9.84. The molecule has 0 fully saturated rings. The Labute approximate surface area is 183 Å². The van der Waals surface area contributed by atoms with Crippen molar-refractivity contribution < 1.29 is 27.4 Å². The Kier molecular flexibility index (Phi) is 5.65. The van der Waals surface area contributed by atoms with E-state index in [1.807, 2.05) is 24.3 Å². The summed E-state index contributed by atoms with van der Waals surface area (Å²) in [4.78, 5) is 14.3. The van der Waals surface area contributed by atoms with Crippen LogP contribution in [-0.4, -0.2) is 20.1 Å². The molecule has 1 aliphatic rings. The van der Waals surface area contributed by atoms with Crippen molar-refractivity contribution in [2.75, 3.05) is 19.1 Å². The molecule has 0 N–H and O–H groups in total. The molecule has 1 aliphatic heterocycles. The summed E-state index contributed by atoms with van der Waals surface area (Å²) in [6.07, 6.45) is -2.63. The molecule has 0 atom stereocenters. The van der Waals surface area contributed by atoms with E-state index in [9.17, 15) is 18.0 Å². The van der Waals surface area contributed by atoms with E-state index in [4.69, 9.17) is 9.47 Å². The van der Waals surface area contributed by atoms with Crippen molar-refractivity contribution in [3.63, 3.8) is 0 Å². The maximum atomic E-state index is 12.9. The largest absolute Gasteiger partial charge is 0.493 e. The van der Waals surface area contributed by atoms with Gasteiger partial charge in [0.25, 0.3) is 5.91 Å². The number of benzene rings is 3. The van der Waals surface area contributed by atoms with Crippen molar-refractivity contribution in [3.05, 3.63) is 89.0 Å². The summed E-state index contributed by atoms with van der Waals surface area (Å²) in [6, 6.07) is 17.7. The van der Waals surface area contributed by atoms with Gasteiger partial charge in [-0.15, -0.1) is 0 Å². The van der Waals surface area contributed by atoms with Gasteiger partial charge in [0.2, 0.25) is 0 Å². The van der Waals surface area contributed by atoms with Crippen LogP contribution in [0.5, 0.6) is 11.5 Å². The van der Waals surface area contributed by atoms with Crippen LogP contribution in [0.25, 0.3) is 11.6 Å². The summed E-state index contributed by atoms with van der Waals surface area (Å²) < 4.78 is 49.9. The molecule has 0 saturated heterocycles. The molecule has 0 bridgehead atoms. The molecular formula is C25H20F3NO3. The number of halogens is 3. The lowest BCUT2D eigenvalue weighted by molar-refractivity contribution is -0.137. The number of methoxy groups -OCH3 is 1. The fourth-order valence-corrected chi connectivity index (χ4v) is 3.60. The van der Waals surface area contributed by atoms with Crippen molar-refractivity contribution in [3.8, 4) is 11.5 Å². The molecule has 3 aromatic rings. The molecule has 164 valence electrons. The maximum Gasteiger partial charge on any atom is 0.416 e. The van der Waals surface area contributed by atoms with E-state index in [-0.39, 0.29) is 12.5 Å². The number of hydrogen-bond donors (Lipinski definition) is 0. The van der Waals surface area contributed by atoms with Gasteiger partial charge in [-0.05, 0) is 47.5 Å². The smallest absolute Gasteiger partial charge is 0.416 e. The third kappa shape index (κ3) is 4.19. The topological polar surface area (TPSA) is 38.8 Å². The molecule has 4 rings (SSSR count). The van der Waals surface area contributed by atoms with Crippen molar-refractivity contribution in [1.82, 2.24) is 0 Å². The number of rotatable bonds is 5. The van der Waals surface area contributed by atoms with E-state index in [1.54, 1.807) is 42.3 Å². The molecule has 0 spiro atoms. The number of nitrogens with zero attached hydrogens (tertiary/aromatic N) is 1. The number of hydrogen-bond acceptors (Lipinski definition) is 3. The van der Waals surface area contributed by atoms with Gasteiger partial charge in [-0.3, -0.25) is 4.79 Å². The number of anilines is 1. The van der Waals surface area contributed by atoms with Gasteiger partial charge < -0.3 is 14.4 Å². The minimum absolute atomic E-state index is 0.0443. The zero-order valence-corrected chi connectivity index (χ0v) is 17.4. The molecular weight excluding hydrogens is 419 g/mol. The molecule has 1 amide bonds. The Morgan fingerprint density at radius 3 is 2.50 bits per heavy atom. The van der Waals surface area contributed by atoms with Crippen LogP contribution in [0.4, 0.5) is 18.9 Å². The molecule has 7 heteroatoms. The quantitative estimate of drug-likeness (QED) is 0.471. The summed E-state index contributed by atoms with van der Waals surface area (Å²) in [7, 11) is 3.21. The Balaban J connectivity index is 1.57. The highest BCUT2D eigenvalue weighted by molar-refractivity contribution is 6.35. The van der Waals surface area contributed by atoms with Crippen LogP contribution in [0.1, 0.15) is 22.3 Å². The molecule has 0 aromatic heterocycles. The summed E-state index contributed by atoms with van der Waals surface area (Å²) in [5.41, 5.74) is 2.67. The van der Waals surface area contributed by atoms with Gasteiger partial charge in [0.1, 0.15) is 6.61 Å². The van der Waals surface area contributed by atoms with E-state index in [2.05, 4.69) is 0 Å². The van der Waals surface area contributed by atoms with Gasteiger partial charge in [-0.25, -0.2) is 0 Å². The fraction of sp³-hybridized carbons (Fsp3) is 0.160. The first-order chi connectivity index (χ1) is 15.3. The summed E-state index contributed by atoms with van der Waals surface area (Å²) in [5, 5.41) is 0. The Morgan fingerprint density at radius 2 is 1.75 bits per heavy atom. The Bertz CT molecular complexity index is 1200. The van der Waals surface area contributed by atoms with Crippen LogP contribution in [0.3, 0.4) is 0 Å². The number of alkyl halides is 3. The average molecular weight is 439 g/mol. The van der Waals surface area contributed by atoms with Crippen LogP contribution < -0.4 is 14.4 Å². The van der Waals surface area contributed by atoms with Gasteiger partial charge in [-0.1, -0.05) is 36.4 Å². The third-order valence-corrected chi connectivity index (χ3v) is 5.24. The number of ether oxygens (including phenoxy) is 2. The lowest BCUT2D eigenvalue weighted by atomic mass is 10.0. The van der Waals surface area contributed by atoms with Gasteiger partial charge in [0, 0.05) is 18.2 Å². The number of carbonyl (C=O) groups is 1. The molecule has 0 unspecified atom stereocenters. The first-order valence-corrected chi connectivity index (χ1v) is 9.84. The molecule has 0 aliphatic carbocycles. The molecule has 1 heterocycles. The van der Waals surface area contributed by atoms with E-state index < -0.39 is 11.7 Å². The van der Waals surface area contributed by atoms with Crippen LogP contribution in [0.2, 0.25) is 0 Å². The second-order valence-corrected chi connectivity index (χ2v) is 7.34. The Hall–Kier alpha value is -3.74. The molecule has 3 aromatic carbocycles. The zero-order chi connectivity index (χ0) is 22.9. The van der Waals surface area contributed by atoms with Crippen molar-refractivity contribution in [1.29, 1.82) is 0 Å². The molecule has 0 radical (unpaired) electrons. The average Bonchev–Trinajstić information content (AvgIpc) is 3.02. The van der Waals surface area contributed by atoms with Gasteiger partial charge in [-0.2, -0.15) is 13.2 Å². The molecule has 0 saturated carbocycles. The minimum Gasteiger partial charge on any atom is -0.493 e. The van der Waals surface area contributed by atoms with E-state index in [1.165, 1.54) is 13.2 Å². The normalized spacial score (nSPS) is 14.6. The highest BCUT2D eigenvalue weighted by atomic mass is 19.4. The van der Waals surface area contributed by atoms with Gasteiger partial charge in [0.15, 0.2) is 11.5 Å². The zero-order valence-electron chi connectivity index (χ0n) is 17.4. The van der Waals surface area contributed by atoms with E-state index >= 15 is 0 Å². The van der Waals surface area contributed by atoms with Crippen LogP contribution in [-0.2, 0) is 17.6 Å². The highest BCUT2D eigenvalue weighted by Gasteiger charge is 2.30. The predicted octanol–water partition coefficient (Wildman–Crippen LogP) is 5.81. The Morgan fingerprint density at radius 1 is 0.969 bits per heavy atom. The standard InChI is InChI=1S/C25H20F3NO3/c1-29-21-9-4-3-8-19(21)20(24(29)30)13-16-10-11-22(23(14-16)31-2)32-15-17-6-5-7-18(12-17)25(26,27)28/h3-14H,15H2,1-2H3/b20-13+. The third-order valence-electron chi connectivity index (χ3n) is 5.24. The van der Waals surface area contributed by atoms with Crippen molar-refractivity contribution in [2.24, 2.45) is 0 Å². The van der Waals surface area contributed by atoms with Crippen molar-refractivity contribution >= 4 is 23.2 Å². The molecule has 4 nitrogen and oxygen atoms in total. The van der Waals surface area contributed by atoms with Crippen LogP contribution in [0, 0.1) is 0 Å². The summed E-state index contributed by atoms with van der Waals surface area (Å²) >= 11 is 0. The van der Waals surface area contributed by atoms with Gasteiger partial charge in [0.05, 0.1) is 18.4 Å². The second kappa shape index (κ2) is 8.42. The van der Waals surface area contributed by atoms with Crippen molar-refractivity contribution in [2.45, 2.75) is 12.8 Å². The van der Waals surface area contributed by atoms with Gasteiger partial charge >= 0.3 is 6.18 Å². The number of fused-ring (bicyclic) bond motifs is 1. The minimum atomic E-state index is -4.41. The summed E-state index contributed by atoms with van der Waals surface area (Å²) in [6.45, 7) is -0.0443. The SMILES string of the molecule is COc1cc(/C=C2/C(=O)N(C)c3ccccc32)ccc1OCc1cccc(C(F)(F)F)c1. The number of carbonyl (C=O) groups excluding carboxylic acids is 1. The number of amides is 1. The highest BCUT2D eigenvalue weighted by Crippen LogP contribution is 2.38. The van der Waals surface area contributed by atoms with Crippen LogP contribution >= 0.6 is 0 Å². The van der Waals surface area contributed by atoms with Crippen LogP contribution in [0.15, 0.2) is 66.7 Å².